The van der Waals surface area contributed by atoms with Crippen LogP contribution in [-0.4, -0.2) is 10.9 Å². The molecule has 3 nitrogen and oxygen atoms in total. The number of rotatable bonds is 6. The third-order valence-corrected chi connectivity index (χ3v) is 4.39. The minimum Gasteiger partial charge on any atom is -0.326 e. The number of nitrogens with zero attached hydrogens (tertiary/aromatic N) is 1. The van der Waals surface area contributed by atoms with E-state index in [1.54, 1.807) is 18.0 Å². The molecule has 2 rings (SSSR count). The summed E-state index contributed by atoms with van der Waals surface area (Å²) in [5, 5.41) is 2.94. The van der Waals surface area contributed by atoms with Gasteiger partial charge in [0.15, 0.2) is 0 Å². The van der Waals surface area contributed by atoms with E-state index in [2.05, 4.69) is 16.4 Å². The van der Waals surface area contributed by atoms with E-state index >= 15 is 0 Å². The zero-order valence-corrected chi connectivity index (χ0v) is 13.2. The molecule has 21 heavy (non-hydrogen) atoms. The van der Waals surface area contributed by atoms with Gasteiger partial charge in [-0.05, 0) is 42.3 Å². The molecule has 1 atom stereocenters. The van der Waals surface area contributed by atoms with Crippen molar-refractivity contribution in [1.82, 2.24) is 4.98 Å². The van der Waals surface area contributed by atoms with Gasteiger partial charge < -0.3 is 5.32 Å². The van der Waals surface area contributed by atoms with Gasteiger partial charge in [0, 0.05) is 34.6 Å². The van der Waals surface area contributed by atoms with Crippen molar-refractivity contribution >= 4 is 23.4 Å². The molecule has 0 aliphatic heterocycles. The second kappa shape index (κ2) is 7.84. The lowest BCUT2D eigenvalue weighted by atomic mass is 10.1. The quantitative estimate of drug-likeness (QED) is 0.806. The fourth-order valence-corrected chi connectivity index (χ4v) is 2.57. The van der Waals surface area contributed by atoms with Gasteiger partial charge in [0.1, 0.15) is 0 Å². The van der Waals surface area contributed by atoms with Crippen LogP contribution in [0.4, 0.5) is 5.69 Å². The molecular formula is C17H20N2OS. The van der Waals surface area contributed by atoms with Crippen LogP contribution >= 0.6 is 11.8 Å². The van der Waals surface area contributed by atoms with Crippen molar-refractivity contribution in [2.45, 2.75) is 30.9 Å². The van der Waals surface area contributed by atoms with Crippen molar-refractivity contribution in [2.24, 2.45) is 5.92 Å². The first kappa shape index (κ1) is 15.6. The predicted molar refractivity (Wildman–Crippen MR) is 88.3 cm³/mol. The van der Waals surface area contributed by atoms with Crippen LogP contribution < -0.4 is 5.32 Å². The van der Waals surface area contributed by atoms with Crippen LogP contribution in [0.3, 0.4) is 0 Å². The number of anilines is 1. The molecule has 1 amide bonds. The monoisotopic (exact) mass is 300 g/mol. The molecule has 0 aliphatic rings. The average Bonchev–Trinajstić information content (AvgIpc) is 2.54. The Labute approximate surface area is 130 Å². The van der Waals surface area contributed by atoms with Crippen LogP contribution in [0.5, 0.6) is 0 Å². The van der Waals surface area contributed by atoms with Gasteiger partial charge >= 0.3 is 0 Å². The number of nitrogens with one attached hydrogen (secondary N) is 1. The summed E-state index contributed by atoms with van der Waals surface area (Å²) in [7, 11) is 0. The number of carbonyl (C=O) groups is 1. The number of benzene rings is 1. The highest BCUT2D eigenvalue weighted by molar-refractivity contribution is 7.98. The Hall–Kier alpha value is -1.81. The Bertz CT molecular complexity index is 569. The van der Waals surface area contributed by atoms with Crippen LogP contribution in [0.25, 0.3) is 0 Å². The van der Waals surface area contributed by atoms with E-state index in [9.17, 15) is 4.79 Å². The normalized spacial score (nSPS) is 11.9. The highest BCUT2D eigenvalue weighted by Crippen LogP contribution is 2.24. The molecule has 110 valence electrons. The molecule has 0 spiro atoms. The summed E-state index contributed by atoms with van der Waals surface area (Å²) in [6.07, 6.45) is 4.52. The smallest absolute Gasteiger partial charge is 0.227 e. The first-order valence-electron chi connectivity index (χ1n) is 7.11. The molecule has 0 saturated heterocycles. The Balaban J connectivity index is 1.88. The molecule has 0 aliphatic carbocycles. The third-order valence-electron chi connectivity index (χ3n) is 3.31. The average molecular weight is 300 g/mol. The number of thioether (sulfide) groups is 1. The van der Waals surface area contributed by atoms with Gasteiger partial charge in [-0.15, -0.1) is 11.8 Å². The topological polar surface area (TPSA) is 42.0 Å². The molecule has 1 heterocycles. The summed E-state index contributed by atoms with van der Waals surface area (Å²) >= 11 is 1.76. The minimum atomic E-state index is 0.0460. The molecule has 0 bridgehead atoms. The largest absolute Gasteiger partial charge is 0.326 e. The van der Waals surface area contributed by atoms with E-state index in [1.807, 2.05) is 50.4 Å². The summed E-state index contributed by atoms with van der Waals surface area (Å²) in [4.78, 5) is 17.1. The van der Waals surface area contributed by atoms with Crippen molar-refractivity contribution in [3.8, 4) is 0 Å². The van der Waals surface area contributed by atoms with Crippen molar-refractivity contribution in [2.75, 3.05) is 5.32 Å². The second-order valence-electron chi connectivity index (χ2n) is 4.97. The lowest BCUT2D eigenvalue weighted by molar-refractivity contribution is -0.119. The maximum Gasteiger partial charge on any atom is 0.227 e. The minimum absolute atomic E-state index is 0.0460. The molecule has 4 heteroatoms. The Morgan fingerprint density at radius 2 is 2.05 bits per heavy atom. The van der Waals surface area contributed by atoms with E-state index in [0.29, 0.717) is 0 Å². The van der Waals surface area contributed by atoms with Gasteiger partial charge in [-0.3, -0.25) is 9.78 Å². The van der Waals surface area contributed by atoms with Crippen LogP contribution in [0.15, 0.2) is 53.7 Å². The van der Waals surface area contributed by atoms with Crippen molar-refractivity contribution in [3.63, 3.8) is 0 Å². The third kappa shape index (κ3) is 4.90. The van der Waals surface area contributed by atoms with Crippen LogP contribution in [0.2, 0.25) is 0 Å². The van der Waals surface area contributed by atoms with Gasteiger partial charge in [0.25, 0.3) is 0 Å². The van der Waals surface area contributed by atoms with Gasteiger partial charge in [-0.1, -0.05) is 19.9 Å². The summed E-state index contributed by atoms with van der Waals surface area (Å²) in [6, 6.07) is 12.0. The molecule has 1 aromatic heterocycles. The van der Waals surface area contributed by atoms with E-state index in [-0.39, 0.29) is 11.8 Å². The molecule has 1 unspecified atom stereocenters. The molecular weight excluding hydrogens is 280 g/mol. The number of hydrogen-bond donors (Lipinski definition) is 1. The number of pyridine rings is 1. The SMILES string of the molecule is CCC(C)C(=O)Nc1ccc(SCc2cccnc2)cc1. The second-order valence-corrected chi connectivity index (χ2v) is 6.02. The van der Waals surface area contributed by atoms with Crippen LogP contribution in [0.1, 0.15) is 25.8 Å². The van der Waals surface area contributed by atoms with E-state index < -0.39 is 0 Å². The Morgan fingerprint density at radius 3 is 2.67 bits per heavy atom. The highest BCUT2D eigenvalue weighted by Gasteiger charge is 2.10. The fourth-order valence-electron chi connectivity index (χ4n) is 1.74. The van der Waals surface area contributed by atoms with Crippen LogP contribution in [0, 0.1) is 5.92 Å². The van der Waals surface area contributed by atoms with E-state index in [1.165, 1.54) is 10.5 Å². The first-order valence-corrected chi connectivity index (χ1v) is 8.10. The molecule has 2 aromatic rings. The lowest BCUT2D eigenvalue weighted by Gasteiger charge is -2.10. The maximum atomic E-state index is 11.8. The number of carbonyl (C=O) groups excluding carboxylic acids is 1. The molecule has 0 radical (unpaired) electrons. The standard InChI is InChI=1S/C17H20N2OS/c1-3-13(2)17(20)19-15-6-8-16(9-7-15)21-12-14-5-4-10-18-11-14/h4-11,13H,3,12H2,1-2H3,(H,19,20). The molecule has 0 fully saturated rings. The zero-order chi connectivity index (χ0) is 15.1. The predicted octanol–water partition coefficient (Wildman–Crippen LogP) is 4.36. The van der Waals surface area contributed by atoms with Gasteiger partial charge in [0.05, 0.1) is 0 Å². The molecule has 0 saturated carbocycles. The zero-order valence-electron chi connectivity index (χ0n) is 12.4. The van der Waals surface area contributed by atoms with Gasteiger partial charge in [-0.2, -0.15) is 0 Å². The van der Waals surface area contributed by atoms with Gasteiger partial charge in [-0.25, -0.2) is 0 Å². The first-order chi connectivity index (χ1) is 10.2. The van der Waals surface area contributed by atoms with Crippen molar-refractivity contribution < 1.29 is 4.79 Å². The Kier molecular flexibility index (Phi) is 5.81. The van der Waals surface area contributed by atoms with Crippen molar-refractivity contribution in [1.29, 1.82) is 0 Å². The van der Waals surface area contributed by atoms with E-state index in [0.717, 1.165) is 17.9 Å². The lowest BCUT2D eigenvalue weighted by Crippen LogP contribution is -2.19. The Morgan fingerprint density at radius 1 is 1.29 bits per heavy atom. The molecule has 1 N–H and O–H groups in total. The molecule has 1 aromatic carbocycles. The number of amides is 1. The fraction of sp³-hybridized carbons (Fsp3) is 0.294. The van der Waals surface area contributed by atoms with E-state index in [4.69, 9.17) is 0 Å². The highest BCUT2D eigenvalue weighted by atomic mass is 32.2. The summed E-state index contributed by atoms with van der Waals surface area (Å²) < 4.78 is 0. The summed E-state index contributed by atoms with van der Waals surface area (Å²) in [6.45, 7) is 3.95. The number of aromatic nitrogens is 1. The van der Waals surface area contributed by atoms with Gasteiger partial charge in [0.2, 0.25) is 5.91 Å². The summed E-state index contributed by atoms with van der Waals surface area (Å²) in [5.41, 5.74) is 2.06. The van der Waals surface area contributed by atoms with Crippen molar-refractivity contribution in [3.05, 3.63) is 54.4 Å². The number of hydrogen-bond acceptors (Lipinski definition) is 3. The maximum absolute atomic E-state index is 11.8. The summed E-state index contributed by atoms with van der Waals surface area (Å²) in [5.74, 6) is 1.02. The van der Waals surface area contributed by atoms with Crippen LogP contribution in [-0.2, 0) is 10.5 Å².